The Kier molecular flexibility index (Phi) is 3.79. The molecule has 0 spiro atoms. The fourth-order valence-electron chi connectivity index (χ4n) is 2.33. The third kappa shape index (κ3) is 2.15. The van der Waals surface area contributed by atoms with E-state index in [0.717, 1.165) is 10.9 Å². The summed E-state index contributed by atoms with van der Waals surface area (Å²) in [4.78, 5) is 26.4. The van der Waals surface area contributed by atoms with E-state index in [1.807, 2.05) is 38.4 Å². The smallest absolute Gasteiger partial charge is 0.345 e. The maximum absolute atomic E-state index is 12.5. The first-order valence-electron chi connectivity index (χ1n) is 6.45. The van der Waals surface area contributed by atoms with Gasteiger partial charge < -0.3 is 14.2 Å². The monoisotopic (exact) mass is 274 g/mol. The lowest BCUT2D eigenvalue weighted by molar-refractivity contribution is 0.0524. The van der Waals surface area contributed by atoms with E-state index < -0.39 is 5.97 Å². The van der Waals surface area contributed by atoms with Crippen molar-refractivity contribution in [2.24, 2.45) is 7.05 Å². The molecule has 0 N–H and O–H groups in total. The normalized spacial score (nSPS) is 10.6. The highest BCUT2D eigenvalue weighted by Gasteiger charge is 2.23. The molecule has 0 radical (unpaired) electrons. The molecule has 20 heavy (non-hydrogen) atoms. The van der Waals surface area contributed by atoms with Gasteiger partial charge in [-0.05, 0) is 13.0 Å². The minimum Gasteiger partial charge on any atom is -0.462 e. The second-order valence-electron chi connectivity index (χ2n) is 4.72. The molecule has 5 heteroatoms. The summed E-state index contributed by atoms with van der Waals surface area (Å²) in [6.07, 6.45) is 0. The number of ether oxygens (including phenoxy) is 1. The van der Waals surface area contributed by atoms with Crippen LogP contribution in [0.15, 0.2) is 29.1 Å². The summed E-state index contributed by atoms with van der Waals surface area (Å²) >= 11 is 0. The third-order valence-corrected chi connectivity index (χ3v) is 3.20. The van der Waals surface area contributed by atoms with Crippen molar-refractivity contribution in [2.75, 3.05) is 25.6 Å². The average Bonchev–Trinajstić information content (AvgIpc) is 2.42. The highest BCUT2D eigenvalue weighted by atomic mass is 16.5. The van der Waals surface area contributed by atoms with E-state index in [9.17, 15) is 9.59 Å². The van der Waals surface area contributed by atoms with Gasteiger partial charge in [0, 0.05) is 26.5 Å². The number of carbonyl (C=O) groups is 1. The van der Waals surface area contributed by atoms with E-state index >= 15 is 0 Å². The summed E-state index contributed by atoms with van der Waals surface area (Å²) in [5.74, 6) is -0.581. The van der Waals surface area contributed by atoms with E-state index in [1.165, 1.54) is 4.57 Å². The number of carbonyl (C=O) groups excluding carboxylic acids is 1. The van der Waals surface area contributed by atoms with Gasteiger partial charge in [0.05, 0.1) is 17.8 Å². The van der Waals surface area contributed by atoms with Gasteiger partial charge in [-0.15, -0.1) is 0 Å². The quantitative estimate of drug-likeness (QED) is 0.801. The van der Waals surface area contributed by atoms with E-state index in [1.54, 1.807) is 18.9 Å². The first-order chi connectivity index (χ1) is 9.49. The molecule has 2 rings (SSSR count). The van der Waals surface area contributed by atoms with Gasteiger partial charge in [-0.2, -0.15) is 0 Å². The lowest BCUT2D eigenvalue weighted by atomic mass is 10.1. The fourth-order valence-corrected chi connectivity index (χ4v) is 2.33. The summed E-state index contributed by atoms with van der Waals surface area (Å²) in [6.45, 7) is 1.96. The SMILES string of the molecule is CCOC(=O)c1c(N(C)C)c2ccccc2n(C)c1=O. The van der Waals surface area contributed by atoms with E-state index in [4.69, 9.17) is 4.74 Å². The van der Waals surface area contributed by atoms with Crippen LogP contribution in [0.2, 0.25) is 0 Å². The number of pyridine rings is 1. The molecule has 0 saturated carbocycles. The second-order valence-corrected chi connectivity index (χ2v) is 4.72. The average molecular weight is 274 g/mol. The Morgan fingerprint density at radius 3 is 2.55 bits per heavy atom. The van der Waals surface area contributed by atoms with Gasteiger partial charge in [0.15, 0.2) is 0 Å². The number of aromatic nitrogens is 1. The summed E-state index contributed by atoms with van der Waals surface area (Å²) in [7, 11) is 5.28. The van der Waals surface area contributed by atoms with Crippen LogP contribution in [0.25, 0.3) is 10.9 Å². The lowest BCUT2D eigenvalue weighted by Gasteiger charge is -2.20. The molecule has 0 aliphatic heterocycles. The van der Waals surface area contributed by atoms with Crippen molar-refractivity contribution in [1.29, 1.82) is 0 Å². The zero-order chi connectivity index (χ0) is 14.9. The number of nitrogens with zero attached hydrogens (tertiary/aromatic N) is 2. The van der Waals surface area contributed by atoms with Crippen LogP contribution in [-0.2, 0) is 11.8 Å². The Hall–Kier alpha value is -2.30. The van der Waals surface area contributed by atoms with Gasteiger partial charge in [0.25, 0.3) is 5.56 Å². The number of para-hydroxylation sites is 1. The first-order valence-corrected chi connectivity index (χ1v) is 6.45. The molecule has 0 fully saturated rings. The summed E-state index contributed by atoms with van der Waals surface area (Å²) < 4.78 is 6.51. The van der Waals surface area contributed by atoms with Crippen molar-refractivity contribution in [2.45, 2.75) is 6.92 Å². The Bertz CT molecular complexity index is 717. The number of hydrogen-bond acceptors (Lipinski definition) is 4. The van der Waals surface area contributed by atoms with Gasteiger partial charge in [-0.3, -0.25) is 4.79 Å². The van der Waals surface area contributed by atoms with Gasteiger partial charge in [0.2, 0.25) is 0 Å². The Balaban J connectivity index is 2.92. The van der Waals surface area contributed by atoms with Crippen molar-refractivity contribution in [3.8, 4) is 0 Å². The minimum atomic E-state index is -0.581. The first kappa shape index (κ1) is 14.1. The molecule has 1 aromatic heterocycles. The highest BCUT2D eigenvalue weighted by molar-refractivity contribution is 6.05. The van der Waals surface area contributed by atoms with Crippen LogP contribution in [0.5, 0.6) is 0 Å². The standard InChI is InChI=1S/C15H18N2O3/c1-5-20-15(19)12-13(16(2)3)10-8-6-7-9-11(10)17(4)14(12)18/h6-9H,5H2,1-4H3. The predicted octanol–water partition coefficient (Wildman–Crippen LogP) is 1.78. The fraction of sp³-hybridized carbons (Fsp3) is 0.333. The molecule has 0 unspecified atom stereocenters. The number of anilines is 1. The molecular formula is C15H18N2O3. The highest BCUT2D eigenvalue weighted by Crippen LogP contribution is 2.27. The summed E-state index contributed by atoms with van der Waals surface area (Å²) in [5, 5.41) is 0.850. The Morgan fingerprint density at radius 2 is 1.95 bits per heavy atom. The van der Waals surface area contributed by atoms with Crippen LogP contribution in [-0.4, -0.2) is 31.2 Å². The zero-order valence-corrected chi connectivity index (χ0v) is 12.1. The van der Waals surface area contributed by atoms with Crippen LogP contribution in [0.4, 0.5) is 5.69 Å². The van der Waals surface area contributed by atoms with Crippen LogP contribution >= 0.6 is 0 Å². The molecule has 106 valence electrons. The maximum Gasteiger partial charge on any atom is 0.345 e. The molecular weight excluding hydrogens is 256 g/mol. The molecule has 2 aromatic rings. The summed E-state index contributed by atoms with van der Waals surface area (Å²) in [6, 6.07) is 7.51. The van der Waals surface area contributed by atoms with Gasteiger partial charge in [-0.25, -0.2) is 4.79 Å². The van der Waals surface area contributed by atoms with Gasteiger partial charge in [-0.1, -0.05) is 18.2 Å². The number of hydrogen-bond donors (Lipinski definition) is 0. The van der Waals surface area contributed by atoms with E-state index in [-0.39, 0.29) is 17.7 Å². The van der Waals surface area contributed by atoms with Crippen molar-refractivity contribution in [3.05, 3.63) is 40.2 Å². The van der Waals surface area contributed by atoms with Gasteiger partial charge >= 0.3 is 5.97 Å². The zero-order valence-electron chi connectivity index (χ0n) is 12.1. The van der Waals surface area contributed by atoms with Crippen LogP contribution in [0, 0.1) is 0 Å². The third-order valence-electron chi connectivity index (χ3n) is 3.20. The topological polar surface area (TPSA) is 51.5 Å². The van der Waals surface area contributed by atoms with Crippen molar-refractivity contribution in [1.82, 2.24) is 4.57 Å². The molecule has 1 heterocycles. The van der Waals surface area contributed by atoms with Crippen molar-refractivity contribution >= 4 is 22.6 Å². The maximum atomic E-state index is 12.5. The molecule has 0 aliphatic carbocycles. The Morgan fingerprint density at radius 1 is 1.30 bits per heavy atom. The largest absolute Gasteiger partial charge is 0.462 e. The number of aryl methyl sites for hydroxylation is 1. The minimum absolute atomic E-state index is 0.0815. The molecule has 0 aliphatic rings. The number of esters is 1. The molecule has 0 atom stereocenters. The molecule has 1 aromatic carbocycles. The molecule has 0 amide bonds. The predicted molar refractivity (Wildman–Crippen MR) is 79.5 cm³/mol. The number of fused-ring (bicyclic) bond motifs is 1. The van der Waals surface area contributed by atoms with Crippen LogP contribution < -0.4 is 10.5 Å². The lowest BCUT2D eigenvalue weighted by Crippen LogP contribution is -2.30. The van der Waals surface area contributed by atoms with Crippen LogP contribution in [0.1, 0.15) is 17.3 Å². The molecule has 0 saturated heterocycles. The van der Waals surface area contributed by atoms with E-state index in [0.29, 0.717) is 5.69 Å². The van der Waals surface area contributed by atoms with Gasteiger partial charge in [0.1, 0.15) is 5.56 Å². The summed E-state index contributed by atoms with van der Waals surface area (Å²) in [5.41, 5.74) is 1.13. The van der Waals surface area contributed by atoms with E-state index in [2.05, 4.69) is 0 Å². The Labute approximate surface area is 117 Å². The molecule has 5 nitrogen and oxygen atoms in total. The number of benzene rings is 1. The van der Waals surface area contributed by atoms with Crippen molar-refractivity contribution in [3.63, 3.8) is 0 Å². The van der Waals surface area contributed by atoms with Crippen LogP contribution in [0.3, 0.4) is 0 Å². The second kappa shape index (κ2) is 5.36. The molecule has 0 bridgehead atoms. The van der Waals surface area contributed by atoms with Crippen molar-refractivity contribution < 1.29 is 9.53 Å². The number of rotatable bonds is 3.